The summed E-state index contributed by atoms with van der Waals surface area (Å²) in [6, 6.07) is 16.8. The summed E-state index contributed by atoms with van der Waals surface area (Å²) < 4.78 is 0. The first-order valence-electron chi connectivity index (χ1n) is 10.7. The first-order valence-corrected chi connectivity index (χ1v) is 10.7. The average molecular weight is 393 g/mol. The minimum atomic E-state index is -0.570. The number of nitrogens with one attached hydrogen (secondary N) is 1. The zero-order chi connectivity index (χ0) is 20.9. The Balaban J connectivity index is 1.94. The van der Waals surface area contributed by atoms with Gasteiger partial charge in [-0.15, -0.1) is 0 Å². The van der Waals surface area contributed by atoms with Crippen molar-refractivity contribution in [1.29, 1.82) is 0 Å². The topological polar surface area (TPSA) is 49.4 Å². The molecule has 2 aromatic rings. The second kappa shape index (κ2) is 9.25. The maximum absolute atomic E-state index is 13.2. The van der Waals surface area contributed by atoms with Gasteiger partial charge in [-0.1, -0.05) is 61.0 Å². The Kier molecular flexibility index (Phi) is 6.73. The summed E-state index contributed by atoms with van der Waals surface area (Å²) >= 11 is 0. The van der Waals surface area contributed by atoms with E-state index in [-0.39, 0.29) is 11.8 Å². The molecule has 1 fully saturated rings. The van der Waals surface area contributed by atoms with E-state index in [9.17, 15) is 9.59 Å². The summed E-state index contributed by atoms with van der Waals surface area (Å²) in [5, 5.41) is 3.03. The van der Waals surface area contributed by atoms with E-state index >= 15 is 0 Å². The molecule has 1 N–H and O–H groups in total. The Morgan fingerprint density at radius 1 is 1.10 bits per heavy atom. The van der Waals surface area contributed by atoms with Crippen molar-refractivity contribution in [3.05, 3.63) is 59.7 Å². The van der Waals surface area contributed by atoms with Crippen LogP contribution in [0.15, 0.2) is 48.5 Å². The molecule has 4 heteroatoms. The molecule has 0 bridgehead atoms. The fourth-order valence-electron chi connectivity index (χ4n) is 4.35. The normalized spacial score (nSPS) is 18.7. The fraction of sp³-hybridized carbons (Fsp3) is 0.440. The van der Waals surface area contributed by atoms with Crippen molar-refractivity contribution >= 4 is 11.8 Å². The highest BCUT2D eigenvalue weighted by Crippen LogP contribution is 2.38. The lowest BCUT2D eigenvalue weighted by atomic mass is 9.78. The Hall–Kier alpha value is -2.62. The van der Waals surface area contributed by atoms with E-state index in [1.54, 1.807) is 0 Å². The third-order valence-electron chi connectivity index (χ3n) is 5.86. The molecule has 0 saturated carbocycles. The molecule has 29 heavy (non-hydrogen) atoms. The minimum absolute atomic E-state index is 0.0610. The Morgan fingerprint density at radius 3 is 2.62 bits per heavy atom. The minimum Gasteiger partial charge on any atom is -0.356 e. The number of carbonyl (C=O) groups is 2. The Labute approximate surface area is 174 Å². The molecule has 0 spiro atoms. The van der Waals surface area contributed by atoms with Gasteiger partial charge in [0.1, 0.15) is 0 Å². The zero-order valence-electron chi connectivity index (χ0n) is 17.8. The summed E-state index contributed by atoms with van der Waals surface area (Å²) in [5.74, 6) is 0.219. The van der Waals surface area contributed by atoms with Crippen LogP contribution in [0, 0.1) is 12.3 Å². The van der Waals surface area contributed by atoms with Crippen LogP contribution < -0.4 is 5.32 Å². The van der Waals surface area contributed by atoms with Gasteiger partial charge in [-0.2, -0.15) is 0 Å². The smallest absolute Gasteiger partial charge is 0.228 e. The molecule has 1 unspecified atom stereocenters. The lowest BCUT2D eigenvalue weighted by Gasteiger charge is -2.29. The molecule has 1 aliphatic heterocycles. The number of aryl methyl sites for hydroxylation is 1. The first-order chi connectivity index (χ1) is 14.0. The van der Waals surface area contributed by atoms with E-state index in [1.165, 1.54) is 16.7 Å². The van der Waals surface area contributed by atoms with Gasteiger partial charge >= 0.3 is 0 Å². The maximum Gasteiger partial charge on any atom is 0.228 e. The molecule has 0 radical (unpaired) electrons. The summed E-state index contributed by atoms with van der Waals surface area (Å²) in [7, 11) is 0. The lowest BCUT2D eigenvalue weighted by molar-refractivity contribution is -0.133. The molecule has 1 aliphatic rings. The van der Waals surface area contributed by atoms with Crippen LogP contribution in [-0.4, -0.2) is 36.3 Å². The van der Waals surface area contributed by atoms with E-state index in [1.807, 2.05) is 30.9 Å². The number of amides is 2. The van der Waals surface area contributed by atoms with Crippen LogP contribution in [0.4, 0.5) is 0 Å². The van der Waals surface area contributed by atoms with Crippen LogP contribution in [0.25, 0.3) is 11.1 Å². The average Bonchev–Trinajstić information content (AvgIpc) is 3.14. The van der Waals surface area contributed by atoms with Gasteiger partial charge in [0.05, 0.1) is 5.41 Å². The van der Waals surface area contributed by atoms with Crippen LogP contribution in [0.2, 0.25) is 0 Å². The molecular formula is C25H32N2O2. The summed E-state index contributed by atoms with van der Waals surface area (Å²) in [4.78, 5) is 27.5. The highest BCUT2D eigenvalue weighted by atomic mass is 16.2. The fourth-order valence-corrected chi connectivity index (χ4v) is 4.35. The van der Waals surface area contributed by atoms with Crippen LogP contribution >= 0.6 is 0 Å². The number of rotatable bonds is 7. The van der Waals surface area contributed by atoms with Crippen LogP contribution in [-0.2, 0) is 16.0 Å². The van der Waals surface area contributed by atoms with Crippen molar-refractivity contribution in [3.8, 4) is 11.1 Å². The number of nitrogens with zero attached hydrogens (tertiary/aromatic N) is 1. The molecule has 4 nitrogen and oxygen atoms in total. The van der Waals surface area contributed by atoms with Gasteiger partial charge in [0, 0.05) is 26.1 Å². The third-order valence-corrected chi connectivity index (χ3v) is 5.86. The lowest BCUT2D eigenvalue weighted by Crippen LogP contribution is -2.45. The molecule has 2 amide bonds. The van der Waals surface area contributed by atoms with Crippen molar-refractivity contribution in [3.63, 3.8) is 0 Å². The number of benzene rings is 2. The van der Waals surface area contributed by atoms with Crippen molar-refractivity contribution in [2.24, 2.45) is 5.41 Å². The van der Waals surface area contributed by atoms with Crippen molar-refractivity contribution in [1.82, 2.24) is 10.2 Å². The van der Waals surface area contributed by atoms with Crippen molar-refractivity contribution in [2.75, 3.05) is 19.6 Å². The summed E-state index contributed by atoms with van der Waals surface area (Å²) in [5.41, 5.74) is 4.14. The molecule has 1 atom stereocenters. The van der Waals surface area contributed by atoms with Gasteiger partial charge in [-0.3, -0.25) is 9.59 Å². The molecular weight excluding hydrogens is 360 g/mol. The van der Waals surface area contributed by atoms with Gasteiger partial charge in [0.25, 0.3) is 0 Å². The zero-order valence-corrected chi connectivity index (χ0v) is 17.8. The standard InChI is InChI=1S/C25H32N2O2/c1-4-9-23(28)27-15-14-25(18-27,24(29)26-5-2)17-21-11-6-7-13-22(21)20-12-8-10-19(3)16-20/h6-8,10-13,16H,4-5,9,14-15,17-18H2,1-3H3,(H,26,29). The number of hydrogen-bond donors (Lipinski definition) is 1. The molecule has 154 valence electrons. The number of carbonyl (C=O) groups excluding carboxylic acids is 2. The monoisotopic (exact) mass is 392 g/mol. The van der Waals surface area contributed by atoms with Crippen LogP contribution in [0.5, 0.6) is 0 Å². The van der Waals surface area contributed by atoms with Crippen molar-refractivity contribution < 1.29 is 9.59 Å². The van der Waals surface area contributed by atoms with E-state index in [0.717, 1.165) is 12.0 Å². The van der Waals surface area contributed by atoms with Gasteiger partial charge in [-0.05, 0) is 49.8 Å². The molecule has 1 saturated heterocycles. The Bertz CT molecular complexity index is 877. The van der Waals surface area contributed by atoms with Gasteiger partial charge in [0.15, 0.2) is 0 Å². The summed E-state index contributed by atoms with van der Waals surface area (Å²) in [6.07, 6.45) is 2.72. The van der Waals surface area contributed by atoms with Crippen molar-refractivity contribution in [2.45, 2.75) is 46.5 Å². The van der Waals surface area contributed by atoms with Gasteiger partial charge < -0.3 is 10.2 Å². The predicted octanol–water partition coefficient (Wildman–Crippen LogP) is 4.36. The van der Waals surface area contributed by atoms with Gasteiger partial charge in [-0.25, -0.2) is 0 Å². The maximum atomic E-state index is 13.2. The van der Waals surface area contributed by atoms with Crippen LogP contribution in [0.3, 0.4) is 0 Å². The molecule has 0 aromatic heterocycles. The highest BCUT2D eigenvalue weighted by molar-refractivity contribution is 5.86. The van der Waals surface area contributed by atoms with E-state index < -0.39 is 5.41 Å². The van der Waals surface area contributed by atoms with Crippen LogP contribution in [0.1, 0.15) is 44.2 Å². The third kappa shape index (κ3) is 4.69. The Morgan fingerprint density at radius 2 is 1.90 bits per heavy atom. The van der Waals surface area contributed by atoms with E-state index in [4.69, 9.17) is 0 Å². The number of likely N-dealkylation sites (tertiary alicyclic amines) is 1. The molecule has 0 aliphatic carbocycles. The molecule has 2 aromatic carbocycles. The SMILES string of the molecule is CCCC(=O)N1CCC(Cc2ccccc2-c2cccc(C)c2)(C(=O)NCC)C1. The van der Waals surface area contributed by atoms with Gasteiger partial charge in [0.2, 0.25) is 11.8 Å². The number of hydrogen-bond acceptors (Lipinski definition) is 2. The second-order valence-electron chi connectivity index (χ2n) is 8.16. The predicted molar refractivity (Wildman–Crippen MR) is 118 cm³/mol. The quantitative estimate of drug-likeness (QED) is 0.761. The summed E-state index contributed by atoms with van der Waals surface area (Å²) in [6.45, 7) is 7.81. The van der Waals surface area contributed by atoms with E-state index in [2.05, 4.69) is 48.6 Å². The largest absolute Gasteiger partial charge is 0.356 e. The van der Waals surface area contributed by atoms with E-state index in [0.29, 0.717) is 38.9 Å². The molecule has 1 heterocycles. The first kappa shape index (κ1) is 21.1. The highest BCUT2D eigenvalue weighted by Gasteiger charge is 2.45. The second-order valence-corrected chi connectivity index (χ2v) is 8.16. The molecule has 3 rings (SSSR count).